The molecule has 0 saturated heterocycles. The average Bonchev–Trinajstić information content (AvgIpc) is 3.35. The molecule has 1 fully saturated rings. The highest BCUT2D eigenvalue weighted by molar-refractivity contribution is 5.30. The Morgan fingerprint density at radius 2 is 2.00 bits per heavy atom. The summed E-state index contributed by atoms with van der Waals surface area (Å²) in [5.74, 6) is 1.68. The third kappa shape index (κ3) is 3.42. The predicted molar refractivity (Wildman–Crippen MR) is 84.3 cm³/mol. The molecule has 1 aliphatic rings. The van der Waals surface area contributed by atoms with Crippen molar-refractivity contribution in [3.8, 4) is 5.75 Å². The van der Waals surface area contributed by atoms with Crippen molar-refractivity contribution in [2.45, 2.75) is 32.4 Å². The highest BCUT2D eigenvalue weighted by Crippen LogP contribution is 2.41. The number of aromatic nitrogens is 1. The van der Waals surface area contributed by atoms with Crippen LogP contribution in [0.5, 0.6) is 5.75 Å². The quantitative estimate of drug-likeness (QED) is 0.878. The van der Waals surface area contributed by atoms with Crippen molar-refractivity contribution >= 4 is 0 Å². The molecule has 3 nitrogen and oxygen atoms in total. The summed E-state index contributed by atoms with van der Waals surface area (Å²) < 4.78 is 5.24. The molecule has 0 aliphatic heterocycles. The lowest BCUT2D eigenvalue weighted by molar-refractivity contribution is 0.413. The van der Waals surface area contributed by atoms with Gasteiger partial charge < -0.3 is 10.1 Å². The summed E-state index contributed by atoms with van der Waals surface area (Å²) in [7, 11) is 1.71. The van der Waals surface area contributed by atoms with Gasteiger partial charge in [0.15, 0.2) is 0 Å². The van der Waals surface area contributed by atoms with Crippen LogP contribution in [0, 0.1) is 12.8 Å². The molecule has 21 heavy (non-hydrogen) atoms. The van der Waals surface area contributed by atoms with Crippen molar-refractivity contribution in [2.24, 2.45) is 5.92 Å². The van der Waals surface area contributed by atoms with E-state index < -0.39 is 0 Å². The normalized spacial score (nSPS) is 15.7. The summed E-state index contributed by atoms with van der Waals surface area (Å²) in [5, 5.41) is 3.72. The molecule has 3 rings (SSSR count). The van der Waals surface area contributed by atoms with E-state index in [4.69, 9.17) is 4.74 Å². The molecule has 1 unspecified atom stereocenters. The van der Waals surface area contributed by atoms with E-state index in [1.54, 1.807) is 7.11 Å². The zero-order chi connectivity index (χ0) is 14.7. The number of benzene rings is 1. The minimum absolute atomic E-state index is 0.434. The number of aryl methyl sites for hydroxylation is 1. The van der Waals surface area contributed by atoms with E-state index in [9.17, 15) is 0 Å². The molecule has 2 aromatic rings. The van der Waals surface area contributed by atoms with Crippen molar-refractivity contribution < 1.29 is 4.74 Å². The minimum Gasteiger partial charge on any atom is -0.497 e. The Morgan fingerprint density at radius 3 is 2.62 bits per heavy atom. The summed E-state index contributed by atoms with van der Waals surface area (Å²) in [6.07, 6.45) is 6.43. The lowest BCUT2D eigenvalue weighted by atomic mass is 10.0. The summed E-state index contributed by atoms with van der Waals surface area (Å²) in [6, 6.07) is 11.0. The minimum atomic E-state index is 0.434. The van der Waals surface area contributed by atoms with Crippen LogP contribution in [0.4, 0.5) is 0 Å². The topological polar surface area (TPSA) is 34.1 Å². The van der Waals surface area contributed by atoms with Crippen LogP contribution in [0.15, 0.2) is 42.7 Å². The summed E-state index contributed by atoms with van der Waals surface area (Å²) in [5.41, 5.74) is 3.92. The molecule has 0 spiro atoms. The first-order valence-electron chi connectivity index (χ1n) is 7.55. The fraction of sp³-hybridized carbons (Fsp3) is 0.389. The fourth-order valence-electron chi connectivity index (χ4n) is 2.72. The fourth-order valence-corrected chi connectivity index (χ4v) is 2.72. The second kappa shape index (κ2) is 6.27. The lowest BCUT2D eigenvalue weighted by Crippen LogP contribution is -2.23. The molecule has 0 radical (unpaired) electrons. The third-order valence-corrected chi connectivity index (χ3v) is 4.22. The second-order valence-electron chi connectivity index (χ2n) is 5.77. The van der Waals surface area contributed by atoms with Crippen molar-refractivity contribution in [1.29, 1.82) is 0 Å². The summed E-state index contributed by atoms with van der Waals surface area (Å²) in [6.45, 7) is 3.01. The van der Waals surface area contributed by atoms with Gasteiger partial charge in [-0.3, -0.25) is 4.98 Å². The first-order chi connectivity index (χ1) is 10.3. The van der Waals surface area contributed by atoms with Crippen LogP contribution in [0.2, 0.25) is 0 Å². The molecule has 110 valence electrons. The van der Waals surface area contributed by atoms with Crippen molar-refractivity contribution in [3.63, 3.8) is 0 Å². The maximum atomic E-state index is 5.24. The Labute approximate surface area is 126 Å². The number of ether oxygens (including phenoxy) is 1. The predicted octanol–water partition coefficient (Wildman–Crippen LogP) is 3.64. The number of nitrogens with zero attached hydrogens (tertiary/aromatic N) is 1. The van der Waals surface area contributed by atoms with Crippen LogP contribution in [0.1, 0.15) is 35.6 Å². The lowest BCUT2D eigenvalue weighted by Gasteiger charge is -2.20. The van der Waals surface area contributed by atoms with E-state index >= 15 is 0 Å². The van der Waals surface area contributed by atoms with Crippen molar-refractivity contribution in [1.82, 2.24) is 10.3 Å². The van der Waals surface area contributed by atoms with Crippen LogP contribution in [-0.4, -0.2) is 12.1 Å². The second-order valence-corrected chi connectivity index (χ2v) is 5.77. The third-order valence-electron chi connectivity index (χ3n) is 4.22. The van der Waals surface area contributed by atoms with Gasteiger partial charge in [0.1, 0.15) is 5.75 Å². The van der Waals surface area contributed by atoms with Gasteiger partial charge in [-0.05, 0) is 60.6 Å². The van der Waals surface area contributed by atoms with Gasteiger partial charge in [-0.1, -0.05) is 12.1 Å². The maximum Gasteiger partial charge on any atom is 0.118 e. The van der Waals surface area contributed by atoms with Crippen molar-refractivity contribution in [2.75, 3.05) is 7.11 Å². The van der Waals surface area contributed by atoms with Gasteiger partial charge in [-0.15, -0.1) is 0 Å². The monoisotopic (exact) mass is 282 g/mol. The zero-order valence-corrected chi connectivity index (χ0v) is 12.7. The molecular formula is C18H22N2O. The maximum absolute atomic E-state index is 5.24. The molecule has 1 aliphatic carbocycles. The number of rotatable bonds is 6. The van der Waals surface area contributed by atoms with Gasteiger partial charge in [-0.25, -0.2) is 0 Å². The van der Waals surface area contributed by atoms with Crippen LogP contribution < -0.4 is 10.1 Å². The standard InChI is InChI=1S/C18H22N2O/c1-13-11-19-10-9-16(13)12-20-18(14-3-4-14)15-5-7-17(21-2)8-6-15/h5-11,14,18,20H,3-4,12H2,1-2H3. The Hall–Kier alpha value is -1.87. The Morgan fingerprint density at radius 1 is 1.24 bits per heavy atom. The molecule has 0 amide bonds. The van der Waals surface area contributed by atoms with Crippen molar-refractivity contribution in [3.05, 3.63) is 59.4 Å². The molecule has 1 aromatic carbocycles. The van der Waals surface area contributed by atoms with Crippen LogP contribution in [0.3, 0.4) is 0 Å². The van der Waals surface area contributed by atoms with E-state index in [1.807, 2.05) is 24.5 Å². The number of hydrogen-bond acceptors (Lipinski definition) is 3. The van der Waals surface area contributed by atoms with Gasteiger partial charge >= 0.3 is 0 Å². The largest absolute Gasteiger partial charge is 0.497 e. The molecule has 1 aromatic heterocycles. The molecule has 0 bridgehead atoms. The average molecular weight is 282 g/mol. The number of methoxy groups -OCH3 is 1. The summed E-state index contributed by atoms with van der Waals surface area (Å²) >= 11 is 0. The highest BCUT2D eigenvalue weighted by Gasteiger charge is 2.31. The van der Waals surface area contributed by atoms with Gasteiger partial charge in [0.2, 0.25) is 0 Å². The zero-order valence-electron chi connectivity index (χ0n) is 12.7. The van der Waals surface area contributed by atoms with Gasteiger partial charge in [-0.2, -0.15) is 0 Å². The highest BCUT2D eigenvalue weighted by atomic mass is 16.5. The first-order valence-corrected chi connectivity index (χ1v) is 7.55. The molecular weight excluding hydrogens is 260 g/mol. The van der Waals surface area contributed by atoms with E-state index in [2.05, 4.69) is 35.4 Å². The van der Waals surface area contributed by atoms with Crippen LogP contribution in [-0.2, 0) is 6.54 Å². The van der Waals surface area contributed by atoms with E-state index in [0.717, 1.165) is 18.2 Å². The Bertz CT molecular complexity index is 590. The molecule has 3 heteroatoms. The van der Waals surface area contributed by atoms with Gasteiger partial charge in [0.05, 0.1) is 7.11 Å². The van der Waals surface area contributed by atoms with Crippen LogP contribution in [0.25, 0.3) is 0 Å². The van der Waals surface area contributed by atoms with E-state index in [-0.39, 0.29) is 0 Å². The molecule has 1 heterocycles. The smallest absolute Gasteiger partial charge is 0.118 e. The summed E-state index contributed by atoms with van der Waals surface area (Å²) in [4.78, 5) is 4.16. The van der Waals surface area contributed by atoms with E-state index in [1.165, 1.54) is 29.5 Å². The van der Waals surface area contributed by atoms with Gasteiger partial charge in [0.25, 0.3) is 0 Å². The Balaban J connectivity index is 1.71. The van der Waals surface area contributed by atoms with E-state index in [0.29, 0.717) is 6.04 Å². The van der Waals surface area contributed by atoms with Crippen LogP contribution >= 0.6 is 0 Å². The SMILES string of the molecule is COc1ccc(C(NCc2ccncc2C)C2CC2)cc1. The Kier molecular flexibility index (Phi) is 4.20. The molecule has 1 atom stereocenters. The molecule has 1 N–H and O–H groups in total. The van der Waals surface area contributed by atoms with Gasteiger partial charge in [0, 0.05) is 25.0 Å². The number of hydrogen-bond donors (Lipinski definition) is 1. The number of nitrogens with one attached hydrogen (secondary N) is 1. The molecule has 1 saturated carbocycles. The first kappa shape index (κ1) is 14.1. The number of pyridine rings is 1.